The molecule has 1 heterocycles. The van der Waals surface area contributed by atoms with E-state index in [9.17, 15) is 13.2 Å². The standard InChI is InChI=1S/C15H14F3NO2/c1-11-10-12(6-7-19-11)20-8-9-21-14-5-3-2-4-13(14)15(16,17)18/h2-7,10H,8-9H2,1H3. The first-order chi connectivity index (χ1) is 9.97. The van der Waals surface area contributed by atoms with Gasteiger partial charge in [0.2, 0.25) is 0 Å². The van der Waals surface area contributed by atoms with Crippen LogP contribution in [0.2, 0.25) is 0 Å². The average Bonchev–Trinajstić information content (AvgIpc) is 2.43. The van der Waals surface area contributed by atoms with E-state index in [1.54, 1.807) is 18.3 Å². The lowest BCUT2D eigenvalue weighted by Gasteiger charge is -2.14. The molecule has 0 aliphatic carbocycles. The first-order valence-corrected chi connectivity index (χ1v) is 6.31. The third-order valence-corrected chi connectivity index (χ3v) is 2.67. The summed E-state index contributed by atoms with van der Waals surface area (Å²) in [5.41, 5.74) is 0.0144. The van der Waals surface area contributed by atoms with Crippen molar-refractivity contribution in [2.45, 2.75) is 13.1 Å². The monoisotopic (exact) mass is 297 g/mol. The van der Waals surface area contributed by atoms with Gasteiger partial charge in [-0.1, -0.05) is 12.1 Å². The quantitative estimate of drug-likeness (QED) is 0.785. The molecule has 0 spiro atoms. The number of aryl methyl sites for hydroxylation is 1. The third kappa shape index (κ3) is 4.37. The molecule has 0 amide bonds. The number of nitrogens with zero attached hydrogens (tertiary/aromatic N) is 1. The van der Waals surface area contributed by atoms with Gasteiger partial charge in [-0.25, -0.2) is 0 Å². The SMILES string of the molecule is Cc1cc(OCCOc2ccccc2C(F)(F)F)ccn1. The number of aromatic nitrogens is 1. The fourth-order valence-electron chi connectivity index (χ4n) is 1.75. The van der Waals surface area contributed by atoms with Crippen LogP contribution in [-0.2, 0) is 6.18 Å². The van der Waals surface area contributed by atoms with Gasteiger partial charge in [-0.05, 0) is 25.1 Å². The molecule has 0 saturated heterocycles. The van der Waals surface area contributed by atoms with Crippen molar-refractivity contribution >= 4 is 0 Å². The number of halogens is 3. The Morgan fingerprint density at radius 3 is 2.48 bits per heavy atom. The lowest BCUT2D eigenvalue weighted by Crippen LogP contribution is -2.13. The predicted octanol–water partition coefficient (Wildman–Crippen LogP) is 3.87. The molecule has 0 saturated carbocycles. The maximum atomic E-state index is 12.7. The molecule has 0 aliphatic heterocycles. The second kappa shape index (κ2) is 6.47. The molecular formula is C15H14F3NO2. The fourth-order valence-corrected chi connectivity index (χ4v) is 1.75. The zero-order valence-corrected chi connectivity index (χ0v) is 11.4. The van der Waals surface area contributed by atoms with E-state index in [-0.39, 0.29) is 19.0 Å². The van der Waals surface area contributed by atoms with Crippen LogP contribution in [0.1, 0.15) is 11.3 Å². The maximum absolute atomic E-state index is 12.7. The summed E-state index contributed by atoms with van der Waals surface area (Å²) in [7, 11) is 0. The van der Waals surface area contributed by atoms with Crippen molar-refractivity contribution in [2.24, 2.45) is 0 Å². The lowest BCUT2D eigenvalue weighted by molar-refractivity contribution is -0.139. The summed E-state index contributed by atoms with van der Waals surface area (Å²) in [4.78, 5) is 4.02. The van der Waals surface area contributed by atoms with Gasteiger partial charge in [0.1, 0.15) is 24.7 Å². The molecular weight excluding hydrogens is 283 g/mol. The molecule has 112 valence electrons. The first kappa shape index (κ1) is 15.2. The largest absolute Gasteiger partial charge is 0.490 e. The minimum Gasteiger partial charge on any atom is -0.490 e. The molecule has 6 heteroatoms. The summed E-state index contributed by atoms with van der Waals surface area (Å²) in [6.45, 7) is 1.99. The highest BCUT2D eigenvalue weighted by Gasteiger charge is 2.33. The van der Waals surface area contributed by atoms with Crippen LogP contribution in [0.25, 0.3) is 0 Å². The molecule has 0 atom stereocenters. The topological polar surface area (TPSA) is 31.4 Å². The Hall–Kier alpha value is -2.24. The van der Waals surface area contributed by atoms with E-state index < -0.39 is 11.7 Å². The average molecular weight is 297 g/mol. The molecule has 0 radical (unpaired) electrons. The van der Waals surface area contributed by atoms with Crippen LogP contribution >= 0.6 is 0 Å². The molecule has 0 unspecified atom stereocenters. The van der Waals surface area contributed by atoms with Gasteiger partial charge < -0.3 is 9.47 Å². The molecule has 1 aromatic heterocycles. The number of pyridine rings is 1. The predicted molar refractivity (Wildman–Crippen MR) is 71.4 cm³/mol. The van der Waals surface area contributed by atoms with Crippen molar-refractivity contribution in [3.63, 3.8) is 0 Å². The van der Waals surface area contributed by atoms with Crippen molar-refractivity contribution in [1.82, 2.24) is 4.98 Å². The van der Waals surface area contributed by atoms with Gasteiger partial charge in [-0.3, -0.25) is 4.98 Å². The minimum absolute atomic E-state index is 0.0223. The molecule has 21 heavy (non-hydrogen) atoms. The summed E-state index contributed by atoms with van der Waals surface area (Å²) in [6.07, 6.45) is -2.83. The Balaban J connectivity index is 1.90. The number of para-hydroxylation sites is 1. The van der Waals surface area contributed by atoms with E-state index in [1.807, 2.05) is 6.92 Å². The van der Waals surface area contributed by atoms with Gasteiger partial charge in [0.15, 0.2) is 0 Å². The number of hydrogen-bond donors (Lipinski definition) is 0. The molecule has 0 N–H and O–H groups in total. The zero-order chi connectivity index (χ0) is 15.3. The summed E-state index contributed by atoms with van der Waals surface area (Å²) >= 11 is 0. The van der Waals surface area contributed by atoms with Gasteiger partial charge in [0.05, 0.1) is 5.56 Å². The molecule has 2 aromatic rings. The van der Waals surface area contributed by atoms with Crippen LogP contribution < -0.4 is 9.47 Å². The number of benzene rings is 1. The van der Waals surface area contributed by atoms with Gasteiger partial charge in [0, 0.05) is 18.0 Å². The minimum atomic E-state index is -4.43. The van der Waals surface area contributed by atoms with E-state index >= 15 is 0 Å². The summed E-state index contributed by atoms with van der Waals surface area (Å²) < 4.78 is 48.8. The second-order valence-corrected chi connectivity index (χ2v) is 4.32. The van der Waals surface area contributed by atoms with Crippen LogP contribution in [0.4, 0.5) is 13.2 Å². The molecule has 2 rings (SSSR count). The Labute approximate surface area is 120 Å². The lowest BCUT2D eigenvalue weighted by atomic mass is 10.2. The molecule has 3 nitrogen and oxygen atoms in total. The van der Waals surface area contributed by atoms with Gasteiger partial charge in [0.25, 0.3) is 0 Å². The van der Waals surface area contributed by atoms with E-state index in [4.69, 9.17) is 9.47 Å². The van der Waals surface area contributed by atoms with Crippen molar-refractivity contribution in [1.29, 1.82) is 0 Å². The molecule has 1 aromatic carbocycles. The highest BCUT2D eigenvalue weighted by molar-refractivity contribution is 5.35. The highest BCUT2D eigenvalue weighted by atomic mass is 19.4. The maximum Gasteiger partial charge on any atom is 0.419 e. The third-order valence-electron chi connectivity index (χ3n) is 2.67. The number of rotatable bonds is 5. The van der Waals surface area contributed by atoms with Gasteiger partial charge >= 0.3 is 6.18 Å². The Kier molecular flexibility index (Phi) is 4.67. The number of alkyl halides is 3. The van der Waals surface area contributed by atoms with E-state index in [0.717, 1.165) is 11.8 Å². The first-order valence-electron chi connectivity index (χ1n) is 6.31. The van der Waals surface area contributed by atoms with Crippen molar-refractivity contribution in [3.8, 4) is 11.5 Å². The van der Waals surface area contributed by atoms with Crippen molar-refractivity contribution in [3.05, 3.63) is 53.9 Å². The highest BCUT2D eigenvalue weighted by Crippen LogP contribution is 2.35. The summed E-state index contributed by atoms with van der Waals surface area (Å²) in [5, 5.41) is 0. The smallest absolute Gasteiger partial charge is 0.419 e. The van der Waals surface area contributed by atoms with Crippen molar-refractivity contribution in [2.75, 3.05) is 13.2 Å². The summed E-state index contributed by atoms with van der Waals surface area (Å²) in [5.74, 6) is 0.412. The summed E-state index contributed by atoms with van der Waals surface area (Å²) in [6, 6.07) is 8.52. The van der Waals surface area contributed by atoms with Gasteiger partial charge in [-0.15, -0.1) is 0 Å². The van der Waals surface area contributed by atoms with E-state index in [1.165, 1.54) is 18.2 Å². The van der Waals surface area contributed by atoms with Crippen LogP contribution in [-0.4, -0.2) is 18.2 Å². The Morgan fingerprint density at radius 1 is 1.05 bits per heavy atom. The van der Waals surface area contributed by atoms with Crippen molar-refractivity contribution < 1.29 is 22.6 Å². The molecule has 0 aliphatic rings. The van der Waals surface area contributed by atoms with Crippen LogP contribution in [0.5, 0.6) is 11.5 Å². The van der Waals surface area contributed by atoms with Gasteiger partial charge in [-0.2, -0.15) is 13.2 Å². The van der Waals surface area contributed by atoms with E-state index in [2.05, 4.69) is 4.98 Å². The molecule has 0 fully saturated rings. The number of hydrogen-bond acceptors (Lipinski definition) is 3. The zero-order valence-electron chi connectivity index (χ0n) is 11.4. The Morgan fingerprint density at radius 2 is 1.76 bits per heavy atom. The number of ether oxygens (including phenoxy) is 2. The van der Waals surface area contributed by atoms with Crippen LogP contribution in [0.15, 0.2) is 42.6 Å². The van der Waals surface area contributed by atoms with E-state index in [0.29, 0.717) is 5.75 Å². The van der Waals surface area contributed by atoms with Crippen LogP contribution in [0, 0.1) is 6.92 Å². The van der Waals surface area contributed by atoms with Crippen LogP contribution in [0.3, 0.4) is 0 Å². The Bertz CT molecular complexity index is 599. The molecule has 0 bridgehead atoms. The second-order valence-electron chi connectivity index (χ2n) is 4.32. The normalized spacial score (nSPS) is 11.2. The fraction of sp³-hybridized carbons (Fsp3) is 0.267.